The molecule has 3 aromatic rings. The van der Waals surface area contributed by atoms with E-state index in [0.717, 1.165) is 31.5 Å². The lowest BCUT2D eigenvalue weighted by Gasteiger charge is -2.27. The fourth-order valence-corrected chi connectivity index (χ4v) is 3.58. The molecule has 5 nitrogen and oxygen atoms in total. The fourth-order valence-electron chi connectivity index (χ4n) is 3.58. The third kappa shape index (κ3) is 5.18. The monoisotopic (exact) mass is 441 g/mol. The van der Waals surface area contributed by atoms with Crippen LogP contribution in [0.3, 0.4) is 0 Å². The molecule has 0 unspecified atom stereocenters. The Hall–Kier alpha value is -3.15. The van der Waals surface area contributed by atoms with Crippen LogP contribution in [-0.4, -0.2) is 35.2 Å². The maximum Gasteiger partial charge on any atom is 0.451 e. The van der Waals surface area contributed by atoms with Crippen LogP contribution in [-0.2, 0) is 17.6 Å². The zero-order valence-corrected chi connectivity index (χ0v) is 17.5. The zero-order chi connectivity index (χ0) is 22.6. The van der Waals surface area contributed by atoms with E-state index in [9.17, 15) is 13.2 Å². The summed E-state index contributed by atoms with van der Waals surface area (Å²) in [6.45, 7) is 1.71. The van der Waals surface area contributed by atoms with Crippen molar-refractivity contribution in [3.05, 3.63) is 65.6 Å². The molecule has 166 valence electrons. The Bertz CT molecular complexity index is 1130. The van der Waals surface area contributed by atoms with E-state index >= 15 is 0 Å². The molecule has 0 atom stereocenters. The van der Waals surface area contributed by atoms with Crippen LogP contribution in [0.2, 0.25) is 0 Å². The summed E-state index contributed by atoms with van der Waals surface area (Å²) < 4.78 is 46.2. The first kappa shape index (κ1) is 22.1. The topological polar surface area (TPSA) is 47.5 Å². The number of hydrogen-bond donors (Lipinski definition) is 0. The van der Waals surface area contributed by atoms with E-state index in [2.05, 4.69) is 21.8 Å². The van der Waals surface area contributed by atoms with Gasteiger partial charge in [0.2, 0.25) is 5.82 Å². The number of halogens is 3. The first-order valence-electron chi connectivity index (χ1n) is 10.3. The molecule has 0 spiro atoms. The minimum absolute atomic E-state index is 0.0279. The molecule has 1 fully saturated rings. The molecule has 1 saturated heterocycles. The van der Waals surface area contributed by atoms with E-state index in [1.165, 1.54) is 6.07 Å². The highest BCUT2D eigenvalue weighted by atomic mass is 19.4. The Morgan fingerprint density at radius 3 is 2.47 bits per heavy atom. The van der Waals surface area contributed by atoms with Gasteiger partial charge in [-0.25, -0.2) is 9.97 Å². The summed E-state index contributed by atoms with van der Waals surface area (Å²) in [5, 5.41) is 2.23. The number of aromatic nitrogens is 2. The predicted octanol–water partition coefficient (Wildman–Crippen LogP) is 4.85. The average molecular weight is 441 g/mol. The number of hydrogen-bond acceptors (Lipinski definition) is 5. The highest BCUT2D eigenvalue weighted by Crippen LogP contribution is 2.32. The molecule has 1 aromatic heterocycles. The summed E-state index contributed by atoms with van der Waals surface area (Å²) in [6.07, 6.45) is -3.13. The van der Waals surface area contributed by atoms with E-state index in [1.807, 2.05) is 35.4 Å². The van der Waals surface area contributed by atoms with E-state index in [4.69, 9.17) is 9.57 Å². The predicted molar refractivity (Wildman–Crippen MR) is 113 cm³/mol. The van der Waals surface area contributed by atoms with E-state index < -0.39 is 12.0 Å². The first-order valence-corrected chi connectivity index (χ1v) is 10.3. The second-order valence-electron chi connectivity index (χ2n) is 7.47. The quantitative estimate of drug-likeness (QED) is 0.542. The van der Waals surface area contributed by atoms with Crippen LogP contribution in [0, 0.1) is 17.8 Å². The Labute approximate surface area is 184 Å². The summed E-state index contributed by atoms with van der Waals surface area (Å²) in [5.41, 5.74) is 1.12. The van der Waals surface area contributed by atoms with Crippen molar-refractivity contribution in [1.29, 1.82) is 0 Å². The molecule has 2 aromatic carbocycles. The van der Waals surface area contributed by atoms with Crippen molar-refractivity contribution in [2.75, 3.05) is 20.2 Å². The van der Waals surface area contributed by atoms with Crippen LogP contribution < -0.4 is 4.74 Å². The largest absolute Gasteiger partial charge is 0.488 e. The van der Waals surface area contributed by atoms with Crippen molar-refractivity contribution in [1.82, 2.24) is 15.0 Å². The lowest BCUT2D eigenvalue weighted by molar-refractivity contribution is -0.145. The normalized spacial score (nSPS) is 15.4. The summed E-state index contributed by atoms with van der Waals surface area (Å²) in [6, 6.07) is 14.4. The molecular weight excluding hydrogens is 419 g/mol. The molecule has 0 N–H and O–H groups in total. The van der Waals surface area contributed by atoms with Gasteiger partial charge in [-0.1, -0.05) is 42.3 Å². The lowest BCUT2D eigenvalue weighted by atomic mass is 9.98. The summed E-state index contributed by atoms with van der Waals surface area (Å²) in [4.78, 5) is 12.7. The van der Waals surface area contributed by atoms with Crippen LogP contribution in [0.25, 0.3) is 10.9 Å². The van der Waals surface area contributed by atoms with Gasteiger partial charge in [0.15, 0.2) is 0 Å². The molecule has 2 heterocycles. The minimum atomic E-state index is -4.67. The van der Waals surface area contributed by atoms with E-state index in [0.29, 0.717) is 11.1 Å². The van der Waals surface area contributed by atoms with Gasteiger partial charge in [-0.2, -0.15) is 18.2 Å². The molecule has 0 aliphatic carbocycles. The highest BCUT2D eigenvalue weighted by molar-refractivity contribution is 5.89. The molecule has 0 bridgehead atoms. The van der Waals surface area contributed by atoms with Gasteiger partial charge < -0.3 is 9.57 Å². The third-order valence-electron chi connectivity index (χ3n) is 5.28. The van der Waals surface area contributed by atoms with Crippen molar-refractivity contribution >= 4 is 10.9 Å². The van der Waals surface area contributed by atoms with E-state index in [1.54, 1.807) is 19.2 Å². The molecule has 1 aliphatic heterocycles. The van der Waals surface area contributed by atoms with Gasteiger partial charge in [-0.3, -0.25) is 0 Å². The average Bonchev–Trinajstić information content (AvgIpc) is 2.81. The second-order valence-corrected chi connectivity index (χ2v) is 7.47. The Morgan fingerprint density at radius 1 is 1.03 bits per heavy atom. The molecule has 0 radical (unpaired) electrons. The maximum absolute atomic E-state index is 13.4. The Morgan fingerprint density at radius 2 is 1.78 bits per heavy atom. The number of nitrogens with zero attached hydrogens (tertiary/aromatic N) is 3. The molecule has 0 amide bonds. The zero-order valence-electron chi connectivity index (χ0n) is 17.5. The first-order chi connectivity index (χ1) is 15.4. The van der Waals surface area contributed by atoms with Gasteiger partial charge in [-0.15, -0.1) is 0 Å². The summed E-state index contributed by atoms with van der Waals surface area (Å²) >= 11 is 0. The van der Waals surface area contributed by atoms with E-state index in [-0.39, 0.29) is 23.7 Å². The minimum Gasteiger partial charge on any atom is -0.488 e. The molecule has 0 saturated carbocycles. The number of alkyl halides is 3. The Kier molecular flexibility index (Phi) is 6.58. The number of fused-ring (bicyclic) bond motifs is 1. The summed E-state index contributed by atoms with van der Waals surface area (Å²) in [7, 11) is 1.62. The molecule has 32 heavy (non-hydrogen) atoms. The van der Waals surface area contributed by atoms with Crippen LogP contribution in [0.1, 0.15) is 29.9 Å². The number of ether oxygens (including phenoxy) is 1. The van der Waals surface area contributed by atoms with Gasteiger partial charge in [0.1, 0.15) is 18.1 Å². The SMILES string of the molecule is CON1CCC(C#Cc2nc(C(F)(F)F)nc3cccc(OCc4ccccc4)c23)CC1. The fraction of sp³-hybridized carbons (Fsp3) is 0.333. The molecule has 8 heteroatoms. The van der Waals surface area contributed by atoms with Crippen molar-refractivity contribution in [2.24, 2.45) is 5.92 Å². The number of hydroxylamine groups is 2. The van der Waals surface area contributed by atoms with Crippen molar-refractivity contribution in [3.8, 4) is 17.6 Å². The van der Waals surface area contributed by atoms with Gasteiger partial charge in [0.25, 0.3) is 0 Å². The maximum atomic E-state index is 13.4. The summed E-state index contributed by atoms with van der Waals surface area (Å²) in [5.74, 6) is 5.26. The highest BCUT2D eigenvalue weighted by Gasteiger charge is 2.35. The molecular formula is C24H22F3N3O2. The van der Waals surface area contributed by atoms with Gasteiger partial charge >= 0.3 is 6.18 Å². The van der Waals surface area contributed by atoms with Crippen molar-refractivity contribution < 1.29 is 22.7 Å². The van der Waals surface area contributed by atoms with Crippen LogP contribution in [0.5, 0.6) is 5.75 Å². The van der Waals surface area contributed by atoms with Crippen LogP contribution >= 0.6 is 0 Å². The third-order valence-corrected chi connectivity index (χ3v) is 5.28. The van der Waals surface area contributed by atoms with Crippen molar-refractivity contribution in [3.63, 3.8) is 0 Å². The lowest BCUT2D eigenvalue weighted by Crippen LogP contribution is -2.32. The molecule has 1 aliphatic rings. The number of benzene rings is 2. The second kappa shape index (κ2) is 9.55. The molecule has 4 rings (SSSR count). The Balaban J connectivity index is 1.71. The number of rotatable bonds is 4. The van der Waals surface area contributed by atoms with Crippen molar-refractivity contribution in [2.45, 2.75) is 25.6 Å². The standard InChI is InChI=1S/C24H22F3N3O2/c1-31-30-14-12-17(13-15-30)10-11-20-22-19(28-23(29-20)24(25,26)27)8-5-9-21(22)32-16-18-6-3-2-4-7-18/h2-9,17H,12-16H2,1H3. The van der Waals surface area contributed by atoms with Gasteiger partial charge in [0, 0.05) is 19.0 Å². The van der Waals surface area contributed by atoms with Gasteiger partial charge in [-0.05, 0) is 36.5 Å². The van der Waals surface area contributed by atoms with Crippen LogP contribution in [0.4, 0.5) is 13.2 Å². The smallest absolute Gasteiger partial charge is 0.451 e. The van der Waals surface area contributed by atoms with Crippen LogP contribution in [0.15, 0.2) is 48.5 Å². The number of piperidine rings is 1. The van der Waals surface area contributed by atoms with Gasteiger partial charge in [0.05, 0.1) is 18.0 Å².